The number of nitrogens with zero attached hydrogens (tertiary/aromatic N) is 3. The van der Waals surface area contributed by atoms with E-state index >= 15 is 0 Å². The topological polar surface area (TPSA) is 447 Å². The first kappa shape index (κ1) is 55.2. The standard InChI is InChI=1S/C42H60N12O16/c1-18(35(61)50-23-8-6-14-53(70)41(23)67)47-39(65)31(20(3)55)51-36(62)19(2)48-40(66)32(33(60)42(68)69)52-37(63)22(43)7-4-5-12-46-38(64)25-11-13-45-34-24(49-30(59)10-9-29(44)58)15-21-16-27(56)28(57)17-26(21)54(25)34/h15-20,22-23,25,31-33,55-57,60,70H,4-14,43H2,1-3H3,(H2,44,58)(H,46,64)(H,47,65)(H,48,66)(H,49,59)(H,50,61)(H,51,62)(H,52,63)(H,68,69)/t18-,19-,20+,22-,23+,25-,31+,32+,33+/m0/s1. The Hall–Kier alpha value is -7.43. The van der Waals surface area contributed by atoms with Gasteiger partial charge in [-0.25, -0.2) is 9.86 Å². The molecule has 9 amide bonds. The van der Waals surface area contributed by atoms with Gasteiger partial charge < -0.3 is 79.1 Å². The van der Waals surface area contributed by atoms with Crippen LogP contribution in [0, 0.1) is 0 Å². The number of aliphatic imine (C=N–C) groups is 1. The van der Waals surface area contributed by atoms with Gasteiger partial charge in [0.2, 0.25) is 47.3 Å². The minimum atomic E-state index is -2.54. The van der Waals surface area contributed by atoms with Crippen molar-refractivity contribution >= 4 is 76.7 Å². The number of aromatic hydroxyl groups is 2. The maximum atomic E-state index is 13.6. The largest absolute Gasteiger partial charge is 0.504 e. The number of hydrogen-bond acceptors (Lipinski definition) is 18. The minimum absolute atomic E-state index is 0.0613. The number of piperidine rings is 1. The zero-order valence-corrected chi connectivity index (χ0v) is 38.5. The number of carboxylic acid groups (broad SMARTS) is 1. The van der Waals surface area contributed by atoms with Crippen molar-refractivity contribution in [3.05, 3.63) is 23.4 Å². The summed E-state index contributed by atoms with van der Waals surface area (Å²) in [6.45, 7) is 3.81. The molecule has 3 heterocycles. The Morgan fingerprint density at radius 1 is 0.829 bits per heavy atom. The van der Waals surface area contributed by atoms with E-state index in [0.29, 0.717) is 22.7 Å². The average molecular weight is 989 g/mol. The van der Waals surface area contributed by atoms with Gasteiger partial charge in [0.1, 0.15) is 36.3 Å². The lowest BCUT2D eigenvalue weighted by atomic mass is 9.98. The van der Waals surface area contributed by atoms with Gasteiger partial charge in [-0.1, -0.05) is 0 Å². The third-order valence-corrected chi connectivity index (χ3v) is 11.3. The molecule has 0 unspecified atom stereocenters. The molecule has 28 nitrogen and oxygen atoms in total. The van der Waals surface area contributed by atoms with Gasteiger partial charge in [-0.2, -0.15) is 0 Å². The molecule has 1 aromatic carbocycles. The maximum Gasteiger partial charge on any atom is 0.335 e. The van der Waals surface area contributed by atoms with Gasteiger partial charge in [0.15, 0.2) is 23.4 Å². The number of aliphatic hydroxyl groups is 2. The minimum Gasteiger partial charge on any atom is -0.504 e. The highest BCUT2D eigenvalue weighted by molar-refractivity contribution is 6.20. The summed E-state index contributed by atoms with van der Waals surface area (Å²) in [5, 5.41) is 77.3. The highest BCUT2D eigenvalue weighted by Crippen LogP contribution is 2.40. The number of amides is 9. The second-order valence-electron chi connectivity index (χ2n) is 16.9. The number of fused-ring (bicyclic) bond motifs is 3. The van der Waals surface area contributed by atoms with E-state index in [4.69, 9.17) is 11.5 Å². The zero-order chi connectivity index (χ0) is 52.1. The monoisotopic (exact) mass is 988 g/mol. The van der Waals surface area contributed by atoms with Gasteiger partial charge in [-0.3, -0.25) is 53.4 Å². The molecule has 0 bridgehead atoms. The first-order valence-corrected chi connectivity index (χ1v) is 22.3. The summed E-state index contributed by atoms with van der Waals surface area (Å²) < 4.78 is 0. The fourth-order valence-corrected chi connectivity index (χ4v) is 7.41. The van der Waals surface area contributed by atoms with Crippen LogP contribution in [0.3, 0.4) is 0 Å². The molecule has 17 N–H and O–H groups in total. The van der Waals surface area contributed by atoms with E-state index in [1.807, 2.05) is 0 Å². The number of phenolic OH excluding ortho intramolecular Hbond substituents is 2. The number of phenols is 2. The number of anilines is 1. The number of aliphatic hydroxyl groups excluding tert-OH is 2. The number of unbranched alkanes of at least 4 members (excludes halogenated alkanes) is 1. The third-order valence-electron chi connectivity index (χ3n) is 11.3. The first-order chi connectivity index (χ1) is 32.9. The van der Waals surface area contributed by atoms with E-state index in [2.05, 4.69) is 42.2 Å². The number of benzene rings is 1. The predicted molar refractivity (Wildman–Crippen MR) is 241 cm³/mol. The molecule has 3 aliphatic rings. The molecular weight excluding hydrogens is 929 g/mol. The summed E-state index contributed by atoms with van der Waals surface area (Å²) in [6.07, 6.45) is -1.84. The molecule has 0 saturated carbocycles. The molecule has 4 rings (SSSR count). The molecule has 1 fully saturated rings. The van der Waals surface area contributed by atoms with Gasteiger partial charge in [0, 0.05) is 44.1 Å². The summed E-state index contributed by atoms with van der Waals surface area (Å²) >= 11 is 0. The predicted octanol–water partition coefficient (Wildman–Crippen LogP) is -5.27. The summed E-state index contributed by atoms with van der Waals surface area (Å²) in [6, 6.07) is -7.64. The Labute approximate surface area is 399 Å². The number of rotatable bonds is 23. The SMILES string of the molecule is C[C@H](NC(=O)[C@H](NC(=O)[C@H](C)NC(=O)[C@H](NC(=O)[C@@H](N)CCCCNC(=O)[C@@H]1CCN=C2C(NC(=O)CCC(N)=O)=Cc3cc(O)c(O)cc3N21)[C@@H](O)C(=O)O)[C@@H](C)O)C(=O)N[C@@H]1CCCN(O)C1=O. The Morgan fingerprint density at radius 3 is 2.10 bits per heavy atom. The number of primary amides is 1. The van der Waals surface area contributed by atoms with Gasteiger partial charge in [-0.05, 0) is 71.4 Å². The zero-order valence-electron chi connectivity index (χ0n) is 38.5. The fourth-order valence-electron chi connectivity index (χ4n) is 7.41. The van der Waals surface area contributed by atoms with Crippen LogP contribution >= 0.6 is 0 Å². The molecular formula is C42H60N12O16. The molecule has 70 heavy (non-hydrogen) atoms. The van der Waals surface area contributed by atoms with E-state index in [1.54, 1.807) is 0 Å². The van der Waals surface area contributed by atoms with E-state index in [-0.39, 0.29) is 76.1 Å². The molecule has 0 spiro atoms. The highest BCUT2D eigenvalue weighted by atomic mass is 16.5. The summed E-state index contributed by atoms with van der Waals surface area (Å²) in [4.78, 5) is 133. The van der Waals surface area contributed by atoms with E-state index in [1.165, 1.54) is 30.0 Å². The van der Waals surface area contributed by atoms with Crippen molar-refractivity contribution in [3.63, 3.8) is 0 Å². The van der Waals surface area contributed by atoms with Gasteiger partial charge in [-0.15, -0.1) is 0 Å². The smallest absolute Gasteiger partial charge is 0.335 e. The second kappa shape index (κ2) is 24.7. The lowest BCUT2D eigenvalue weighted by molar-refractivity contribution is -0.173. The maximum absolute atomic E-state index is 13.6. The number of nitrogens with two attached hydrogens (primary N) is 2. The van der Waals surface area contributed by atoms with Crippen molar-refractivity contribution in [2.75, 3.05) is 24.5 Å². The van der Waals surface area contributed by atoms with Crippen molar-refractivity contribution < 1.29 is 78.7 Å². The van der Waals surface area contributed by atoms with Crippen molar-refractivity contribution in [1.82, 2.24) is 42.3 Å². The van der Waals surface area contributed by atoms with Gasteiger partial charge in [0.25, 0.3) is 5.91 Å². The molecule has 0 radical (unpaired) electrons. The van der Waals surface area contributed by atoms with E-state index in [0.717, 1.165) is 13.8 Å². The number of amidine groups is 1. The first-order valence-electron chi connectivity index (χ1n) is 22.3. The molecule has 3 aliphatic heterocycles. The van der Waals surface area contributed by atoms with Gasteiger partial charge >= 0.3 is 5.97 Å². The van der Waals surface area contributed by atoms with Gasteiger partial charge in [0.05, 0.1) is 23.5 Å². The normalized spacial score (nSPS) is 19.3. The number of carbonyl (C=O) groups is 10. The molecule has 384 valence electrons. The quantitative estimate of drug-likeness (QED) is 0.0277. The van der Waals surface area contributed by atoms with Crippen LogP contribution in [0.5, 0.6) is 11.5 Å². The summed E-state index contributed by atoms with van der Waals surface area (Å²) in [5.74, 6) is -10.5. The molecule has 28 heteroatoms. The second-order valence-corrected chi connectivity index (χ2v) is 16.9. The number of nitrogens with one attached hydrogen (secondary N) is 7. The third kappa shape index (κ3) is 14.5. The molecule has 0 aliphatic carbocycles. The van der Waals surface area contributed by atoms with Crippen LogP contribution in [0.25, 0.3) is 6.08 Å². The van der Waals surface area contributed by atoms with Crippen LogP contribution in [0.2, 0.25) is 0 Å². The molecule has 9 atom stereocenters. The van der Waals surface area contributed by atoms with Crippen LogP contribution in [0.15, 0.2) is 22.8 Å². The fraction of sp³-hybridized carbons (Fsp3) is 0.548. The number of aliphatic carboxylic acids is 1. The highest BCUT2D eigenvalue weighted by Gasteiger charge is 2.40. The Bertz CT molecular complexity index is 2270. The Morgan fingerprint density at radius 2 is 1.46 bits per heavy atom. The molecule has 1 saturated heterocycles. The Balaban J connectivity index is 1.29. The van der Waals surface area contributed by atoms with Crippen LogP contribution in [-0.2, 0) is 47.9 Å². The molecule has 0 aromatic heterocycles. The van der Waals surface area contributed by atoms with Crippen LogP contribution in [0.4, 0.5) is 5.69 Å². The van der Waals surface area contributed by atoms with Crippen LogP contribution in [0.1, 0.15) is 77.7 Å². The van der Waals surface area contributed by atoms with E-state index < -0.39 is 125 Å². The lowest BCUT2D eigenvalue weighted by Gasteiger charge is -2.40. The number of carboxylic acids is 1. The average Bonchev–Trinajstić information content (AvgIpc) is 3.30. The molecule has 1 aromatic rings. The van der Waals surface area contributed by atoms with Crippen molar-refractivity contribution in [2.45, 2.75) is 127 Å². The van der Waals surface area contributed by atoms with Crippen LogP contribution in [-0.4, -0.2) is 175 Å². The van der Waals surface area contributed by atoms with Crippen molar-refractivity contribution in [1.29, 1.82) is 0 Å². The van der Waals surface area contributed by atoms with Crippen molar-refractivity contribution in [2.24, 2.45) is 16.5 Å². The summed E-state index contributed by atoms with van der Waals surface area (Å²) in [7, 11) is 0. The van der Waals surface area contributed by atoms with E-state index in [9.17, 15) is 78.7 Å². The van der Waals surface area contributed by atoms with Crippen LogP contribution < -0.4 is 53.6 Å². The number of carbonyl (C=O) groups excluding carboxylic acids is 9. The Kier molecular flexibility index (Phi) is 19.5. The van der Waals surface area contributed by atoms with Crippen molar-refractivity contribution in [3.8, 4) is 11.5 Å². The summed E-state index contributed by atoms with van der Waals surface area (Å²) in [5.41, 5.74) is 12.0. The lowest BCUT2D eigenvalue weighted by Crippen LogP contribution is -2.62. The number of hydrogen-bond donors (Lipinski definition) is 15. The number of hydroxylamine groups is 2.